The summed E-state index contributed by atoms with van der Waals surface area (Å²) >= 11 is 3.34. The molecule has 0 spiro atoms. The first-order valence-electron chi connectivity index (χ1n) is 4.99. The number of nitrogens with one attached hydrogen (secondary N) is 1. The lowest BCUT2D eigenvalue weighted by molar-refractivity contribution is -0.116. The van der Waals surface area contributed by atoms with Crippen LogP contribution in [0, 0.1) is 5.92 Å². The molecule has 1 aromatic rings. The largest absolute Gasteiger partial charge is 0.481 e. The number of alkyl halides is 1. The molecule has 0 aromatic carbocycles. The second-order valence-corrected chi connectivity index (χ2v) is 4.71. The van der Waals surface area contributed by atoms with E-state index in [1.807, 2.05) is 13.8 Å². The summed E-state index contributed by atoms with van der Waals surface area (Å²) < 4.78 is 4.93. The van der Waals surface area contributed by atoms with Crippen LogP contribution in [0.5, 0.6) is 5.88 Å². The minimum absolute atomic E-state index is 0.0676. The highest BCUT2D eigenvalue weighted by Crippen LogP contribution is 2.16. The van der Waals surface area contributed by atoms with Gasteiger partial charge in [-0.05, 0) is 12.0 Å². The number of pyridine rings is 1. The average molecular weight is 287 g/mol. The van der Waals surface area contributed by atoms with Crippen LogP contribution in [-0.2, 0) is 4.79 Å². The van der Waals surface area contributed by atoms with Gasteiger partial charge in [0.15, 0.2) is 0 Å². The molecular weight excluding hydrogens is 272 g/mol. The van der Waals surface area contributed by atoms with Crippen LogP contribution in [0.25, 0.3) is 0 Å². The van der Waals surface area contributed by atoms with E-state index in [9.17, 15) is 4.79 Å². The summed E-state index contributed by atoms with van der Waals surface area (Å²) in [6.07, 6.45) is 1.57. The van der Waals surface area contributed by atoms with Crippen molar-refractivity contribution in [1.82, 2.24) is 4.98 Å². The molecule has 1 unspecified atom stereocenters. The van der Waals surface area contributed by atoms with E-state index in [0.717, 1.165) is 0 Å². The Kier molecular flexibility index (Phi) is 4.73. The number of aromatic nitrogens is 1. The van der Waals surface area contributed by atoms with Crippen molar-refractivity contribution in [3.63, 3.8) is 0 Å². The molecule has 0 bridgehead atoms. The predicted octanol–water partition coefficient (Wildman–Crippen LogP) is 2.45. The van der Waals surface area contributed by atoms with Crippen molar-refractivity contribution < 1.29 is 9.53 Å². The third-order valence-electron chi connectivity index (χ3n) is 2.05. The molecule has 1 aromatic heterocycles. The zero-order valence-electron chi connectivity index (χ0n) is 9.53. The molecule has 1 N–H and O–H groups in total. The molecular formula is C11H15BrN2O2. The molecule has 4 nitrogen and oxygen atoms in total. The van der Waals surface area contributed by atoms with Gasteiger partial charge in [0.25, 0.3) is 0 Å². The molecule has 0 aliphatic heterocycles. The van der Waals surface area contributed by atoms with Gasteiger partial charge in [0.2, 0.25) is 11.8 Å². The van der Waals surface area contributed by atoms with Gasteiger partial charge in [-0.15, -0.1) is 0 Å². The van der Waals surface area contributed by atoms with Crippen LogP contribution in [0.1, 0.15) is 13.8 Å². The Labute approximate surface area is 104 Å². The minimum atomic E-state index is -0.199. The predicted molar refractivity (Wildman–Crippen MR) is 67.0 cm³/mol. The third-order valence-corrected chi connectivity index (χ3v) is 3.52. The topological polar surface area (TPSA) is 51.2 Å². The number of ether oxygens (including phenoxy) is 1. The minimum Gasteiger partial charge on any atom is -0.481 e. The lowest BCUT2D eigenvalue weighted by atomic mass is 10.1. The Balaban J connectivity index is 2.62. The number of nitrogens with zero attached hydrogens (tertiary/aromatic N) is 1. The Morgan fingerprint density at radius 3 is 2.62 bits per heavy atom. The van der Waals surface area contributed by atoms with Crippen LogP contribution in [0.3, 0.4) is 0 Å². The van der Waals surface area contributed by atoms with E-state index >= 15 is 0 Å². The van der Waals surface area contributed by atoms with Gasteiger partial charge in [-0.2, -0.15) is 0 Å². The summed E-state index contributed by atoms with van der Waals surface area (Å²) in [5.41, 5.74) is 0.663. The number of halogens is 1. The maximum atomic E-state index is 11.7. The fourth-order valence-corrected chi connectivity index (χ4v) is 1.20. The van der Waals surface area contributed by atoms with Crippen LogP contribution >= 0.6 is 15.9 Å². The zero-order valence-corrected chi connectivity index (χ0v) is 11.1. The lowest BCUT2D eigenvalue weighted by Crippen LogP contribution is -2.26. The van der Waals surface area contributed by atoms with E-state index in [2.05, 4.69) is 26.2 Å². The molecule has 88 valence electrons. The first-order chi connectivity index (χ1) is 7.54. The molecule has 1 atom stereocenters. The fourth-order valence-electron chi connectivity index (χ4n) is 1.09. The maximum absolute atomic E-state index is 11.7. The summed E-state index contributed by atoms with van der Waals surface area (Å²) in [5.74, 6) is 0.699. The number of rotatable bonds is 4. The van der Waals surface area contributed by atoms with Crippen LogP contribution in [-0.4, -0.2) is 22.8 Å². The first-order valence-corrected chi connectivity index (χ1v) is 5.91. The van der Waals surface area contributed by atoms with Gasteiger partial charge >= 0.3 is 0 Å². The smallest absolute Gasteiger partial charge is 0.238 e. The van der Waals surface area contributed by atoms with E-state index in [1.54, 1.807) is 25.4 Å². The summed E-state index contributed by atoms with van der Waals surface area (Å²) in [6.45, 7) is 3.95. The van der Waals surface area contributed by atoms with Crippen LogP contribution in [0.4, 0.5) is 5.69 Å². The van der Waals surface area contributed by atoms with Gasteiger partial charge in [-0.3, -0.25) is 4.79 Å². The summed E-state index contributed by atoms with van der Waals surface area (Å²) in [4.78, 5) is 15.5. The standard InChI is InChI=1S/C11H15BrN2O2/c1-7(2)10(12)11(15)14-8-4-5-9(16-3)13-6-8/h4-7,10H,1-3H3,(H,14,15). The molecule has 0 radical (unpaired) electrons. The normalized spacial score (nSPS) is 12.3. The molecule has 1 heterocycles. The quantitative estimate of drug-likeness (QED) is 0.865. The van der Waals surface area contributed by atoms with E-state index < -0.39 is 0 Å². The average Bonchev–Trinajstić information content (AvgIpc) is 2.28. The Bertz CT molecular complexity index is 352. The van der Waals surface area contributed by atoms with Crippen molar-refractivity contribution in [2.75, 3.05) is 12.4 Å². The summed E-state index contributed by atoms with van der Waals surface area (Å²) in [6, 6.07) is 3.46. The maximum Gasteiger partial charge on any atom is 0.238 e. The van der Waals surface area contributed by atoms with Crippen molar-refractivity contribution in [2.24, 2.45) is 5.92 Å². The number of hydrogen-bond donors (Lipinski definition) is 1. The molecule has 1 rings (SSSR count). The highest BCUT2D eigenvalue weighted by molar-refractivity contribution is 9.10. The van der Waals surface area contributed by atoms with Crippen molar-refractivity contribution in [3.8, 4) is 5.88 Å². The molecule has 0 saturated carbocycles. The monoisotopic (exact) mass is 286 g/mol. The molecule has 0 saturated heterocycles. The van der Waals surface area contributed by atoms with Crippen molar-refractivity contribution in [3.05, 3.63) is 18.3 Å². The summed E-state index contributed by atoms with van der Waals surface area (Å²) in [5, 5.41) is 2.77. The number of carbonyl (C=O) groups excluding carboxylic acids is 1. The number of anilines is 1. The zero-order chi connectivity index (χ0) is 12.1. The Morgan fingerprint density at radius 2 is 2.19 bits per heavy atom. The third kappa shape index (κ3) is 3.48. The van der Waals surface area contributed by atoms with Crippen LogP contribution in [0.2, 0.25) is 0 Å². The number of methoxy groups -OCH3 is 1. The Hall–Kier alpha value is -1.10. The van der Waals surface area contributed by atoms with Gasteiger partial charge in [0.1, 0.15) is 0 Å². The van der Waals surface area contributed by atoms with Crippen molar-refractivity contribution in [1.29, 1.82) is 0 Å². The molecule has 5 heteroatoms. The van der Waals surface area contributed by atoms with E-state index in [-0.39, 0.29) is 16.7 Å². The van der Waals surface area contributed by atoms with E-state index in [0.29, 0.717) is 11.6 Å². The second kappa shape index (κ2) is 5.84. The van der Waals surface area contributed by atoms with Gasteiger partial charge in [0, 0.05) is 6.07 Å². The van der Waals surface area contributed by atoms with Crippen LogP contribution < -0.4 is 10.1 Å². The Morgan fingerprint density at radius 1 is 1.50 bits per heavy atom. The first kappa shape index (κ1) is 13.0. The fraction of sp³-hybridized carbons (Fsp3) is 0.455. The van der Waals surface area contributed by atoms with Crippen molar-refractivity contribution >= 4 is 27.5 Å². The molecule has 0 fully saturated rings. The number of hydrogen-bond acceptors (Lipinski definition) is 3. The number of amides is 1. The molecule has 16 heavy (non-hydrogen) atoms. The van der Waals surface area contributed by atoms with Gasteiger partial charge < -0.3 is 10.1 Å². The van der Waals surface area contributed by atoms with Gasteiger partial charge in [-0.1, -0.05) is 29.8 Å². The van der Waals surface area contributed by atoms with E-state index in [1.165, 1.54) is 0 Å². The van der Waals surface area contributed by atoms with Gasteiger partial charge in [0.05, 0.1) is 23.8 Å². The highest BCUT2D eigenvalue weighted by Gasteiger charge is 2.18. The number of carbonyl (C=O) groups is 1. The SMILES string of the molecule is COc1ccc(NC(=O)C(Br)C(C)C)cn1. The van der Waals surface area contributed by atoms with Crippen LogP contribution in [0.15, 0.2) is 18.3 Å². The molecule has 1 amide bonds. The van der Waals surface area contributed by atoms with E-state index in [4.69, 9.17) is 4.74 Å². The second-order valence-electron chi connectivity index (χ2n) is 3.72. The summed E-state index contributed by atoms with van der Waals surface area (Å²) in [7, 11) is 1.55. The highest BCUT2D eigenvalue weighted by atomic mass is 79.9. The van der Waals surface area contributed by atoms with Crippen molar-refractivity contribution in [2.45, 2.75) is 18.7 Å². The molecule has 0 aliphatic rings. The van der Waals surface area contributed by atoms with Gasteiger partial charge in [-0.25, -0.2) is 4.98 Å². The lowest BCUT2D eigenvalue weighted by Gasteiger charge is -2.13. The molecule has 0 aliphatic carbocycles.